The van der Waals surface area contributed by atoms with Crippen LogP contribution in [0, 0.1) is 0 Å². The fourth-order valence-corrected chi connectivity index (χ4v) is 3.84. The second kappa shape index (κ2) is 6.19. The molecular weight excluding hydrogens is 322 g/mol. The third-order valence-electron chi connectivity index (χ3n) is 4.93. The summed E-state index contributed by atoms with van der Waals surface area (Å²) in [5.74, 6) is -0.470. The molecule has 3 aromatic rings. The average molecular weight is 341 g/mol. The number of carbonyl (C=O) groups excluding carboxylic acids is 1. The standard InChI is InChI=1S/C23H19NO2/c1-16(22(25)26-2)24-23(17-10-4-3-5-11-17)20-14-8-6-12-18(20)19-13-7-9-15-21(19)23/h3-15,24H,1H2,2H3. The topological polar surface area (TPSA) is 38.3 Å². The SMILES string of the molecule is C=C(NC1(c2ccccc2)c2ccccc2-c2ccccc21)C(=O)OC. The molecule has 3 aromatic carbocycles. The Balaban J connectivity index is 2.03. The maximum atomic E-state index is 12.1. The molecule has 0 fully saturated rings. The van der Waals surface area contributed by atoms with Gasteiger partial charge in [-0.25, -0.2) is 4.79 Å². The molecule has 1 aliphatic carbocycles. The molecule has 0 aliphatic heterocycles. The van der Waals surface area contributed by atoms with E-state index in [1.165, 1.54) is 7.11 Å². The molecule has 0 unspecified atom stereocenters. The molecule has 0 spiro atoms. The Morgan fingerprint density at radius 2 is 1.35 bits per heavy atom. The van der Waals surface area contributed by atoms with Gasteiger partial charge in [0.1, 0.15) is 11.2 Å². The fraction of sp³-hybridized carbons (Fsp3) is 0.0870. The number of carbonyl (C=O) groups is 1. The molecule has 26 heavy (non-hydrogen) atoms. The predicted octanol–water partition coefficient (Wildman–Crippen LogP) is 4.24. The summed E-state index contributed by atoms with van der Waals surface area (Å²) in [5, 5.41) is 3.40. The second-order valence-corrected chi connectivity index (χ2v) is 6.30. The first-order chi connectivity index (χ1) is 12.7. The zero-order valence-corrected chi connectivity index (χ0v) is 14.5. The molecule has 128 valence electrons. The normalized spacial score (nSPS) is 13.4. The van der Waals surface area contributed by atoms with Crippen LogP contribution in [0.1, 0.15) is 16.7 Å². The molecular formula is C23H19NO2. The van der Waals surface area contributed by atoms with Gasteiger partial charge in [-0.3, -0.25) is 0 Å². The summed E-state index contributed by atoms with van der Waals surface area (Å²) in [4.78, 5) is 12.1. The van der Waals surface area contributed by atoms with Crippen LogP contribution in [0.3, 0.4) is 0 Å². The first-order valence-corrected chi connectivity index (χ1v) is 8.49. The molecule has 0 amide bonds. The van der Waals surface area contributed by atoms with Crippen molar-refractivity contribution in [3.05, 3.63) is 108 Å². The highest BCUT2D eigenvalue weighted by atomic mass is 16.5. The van der Waals surface area contributed by atoms with Crippen LogP contribution in [0.4, 0.5) is 0 Å². The number of rotatable bonds is 4. The molecule has 0 atom stereocenters. The van der Waals surface area contributed by atoms with Crippen LogP contribution in [0.2, 0.25) is 0 Å². The number of nitrogens with one attached hydrogen (secondary N) is 1. The van der Waals surface area contributed by atoms with Crippen LogP contribution in [0.25, 0.3) is 11.1 Å². The van der Waals surface area contributed by atoms with Gasteiger partial charge in [0.2, 0.25) is 0 Å². The van der Waals surface area contributed by atoms with Gasteiger partial charge in [0.15, 0.2) is 0 Å². The van der Waals surface area contributed by atoms with Gasteiger partial charge in [0.25, 0.3) is 0 Å². The van der Waals surface area contributed by atoms with E-state index < -0.39 is 11.5 Å². The number of esters is 1. The summed E-state index contributed by atoms with van der Waals surface area (Å²) in [6.07, 6.45) is 0. The van der Waals surface area contributed by atoms with Gasteiger partial charge < -0.3 is 10.1 Å². The van der Waals surface area contributed by atoms with Gasteiger partial charge in [-0.2, -0.15) is 0 Å². The highest BCUT2D eigenvalue weighted by molar-refractivity contribution is 5.89. The van der Waals surface area contributed by atoms with E-state index >= 15 is 0 Å². The van der Waals surface area contributed by atoms with Crippen molar-refractivity contribution in [2.45, 2.75) is 5.54 Å². The molecule has 0 saturated heterocycles. The average Bonchev–Trinajstić information content (AvgIpc) is 2.99. The first-order valence-electron chi connectivity index (χ1n) is 8.49. The second-order valence-electron chi connectivity index (χ2n) is 6.30. The van der Waals surface area contributed by atoms with Crippen molar-refractivity contribution in [2.24, 2.45) is 0 Å². The molecule has 4 rings (SSSR count). The van der Waals surface area contributed by atoms with Crippen molar-refractivity contribution in [1.82, 2.24) is 5.32 Å². The van der Waals surface area contributed by atoms with E-state index in [0.717, 1.165) is 27.8 Å². The number of hydrogen-bond donors (Lipinski definition) is 1. The minimum atomic E-state index is -0.695. The zero-order chi connectivity index (χ0) is 18.1. The van der Waals surface area contributed by atoms with E-state index in [1.807, 2.05) is 42.5 Å². The minimum Gasteiger partial charge on any atom is -0.464 e. The van der Waals surface area contributed by atoms with Crippen LogP contribution in [-0.2, 0) is 15.1 Å². The number of hydrogen-bond acceptors (Lipinski definition) is 3. The van der Waals surface area contributed by atoms with Crippen molar-refractivity contribution in [1.29, 1.82) is 0 Å². The maximum absolute atomic E-state index is 12.1. The lowest BCUT2D eigenvalue weighted by Crippen LogP contribution is -2.44. The van der Waals surface area contributed by atoms with Crippen molar-refractivity contribution in [3.8, 4) is 11.1 Å². The van der Waals surface area contributed by atoms with Crippen LogP contribution >= 0.6 is 0 Å². The van der Waals surface area contributed by atoms with E-state index in [-0.39, 0.29) is 5.70 Å². The van der Waals surface area contributed by atoms with Crippen molar-refractivity contribution in [3.63, 3.8) is 0 Å². The van der Waals surface area contributed by atoms with Gasteiger partial charge in [-0.05, 0) is 27.8 Å². The molecule has 1 aliphatic rings. The van der Waals surface area contributed by atoms with Crippen LogP contribution in [0.15, 0.2) is 91.1 Å². The summed E-state index contributed by atoms with van der Waals surface area (Å²) in [6, 6.07) is 26.6. The quantitative estimate of drug-likeness (QED) is 0.570. The summed E-state index contributed by atoms with van der Waals surface area (Å²) >= 11 is 0. The Hall–Kier alpha value is -3.33. The molecule has 3 heteroatoms. The first kappa shape index (κ1) is 16.2. The van der Waals surface area contributed by atoms with Crippen molar-refractivity contribution < 1.29 is 9.53 Å². The summed E-state index contributed by atoms with van der Waals surface area (Å²) in [7, 11) is 1.36. The lowest BCUT2D eigenvalue weighted by Gasteiger charge is -2.35. The third kappa shape index (κ3) is 2.25. The Morgan fingerprint density at radius 3 is 1.88 bits per heavy atom. The zero-order valence-electron chi connectivity index (χ0n) is 14.5. The van der Waals surface area contributed by atoms with Gasteiger partial charge in [-0.15, -0.1) is 0 Å². The number of fused-ring (bicyclic) bond motifs is 3. The molecule has 0 bridgehead atoms. The lowest BCUT2D eigenvalue weighted by molar-refractivity contribution is -0.136. The van der Waals surface area contributed by atoms with Gasteiger partial charge in [-0.1, -0.05) is 85.4 Å². The minimum absolute atomic E-state index is 0.225. The molecule has 1 N–H and O–H groups in total. The number of ether oxygens (including phenoxy) is 1. The van der Waals surface area contributed by atoms with Crippen molar-refractivity contribution in [2.75, 3.05) is 7.11 Å². The Bertz CT molecular complexity index is 946. The number of benzene rings is 3. The van der Waals surface area contributed by atoms with E-state index in [2.05, 4.69) is 48.3 Å². The highest BCUT2D eigenvalue weighted by Crippen LogP contribution is 2.51. The van der Waals surface area contributed by atoms with E-state index in [9.17, 15) is 4.79 Å². The van der Waals surface area contributed by atoms with Gasteiger partial charge >= 0.3 is 5.97 Å². The number of methoxy groups -OCH3 is 1. The molecule has 0 radical (unpaired) electrons. The summed E-state index contributed by atoms with van der Waals surface area (Å²) in [5.41, 5.74) is 5.06. The van der Waals surface area contributed by atoms with Gasteiger partial charge in [0.05, 0.1) is 7.11 Å². The van der Waals surface area contributed by atoms with E-state index in [4.69, 9.17) is 4.74 Å². The monoisotopic (exact) mass is 341 g/mol. The molecule has 0 saturated carbocycles. The lowest BCUT2D eigenvalue weighted by atomic mass is 9.80. The molecule has 0 aromatic heterocycles. The summed E-state index contributed by atoms with van der Waals surface area (Å²) < 4.78 is 4.88. The smallest absolute Gasteiger partial charge is 0.353 e. The van der Waals surface area contributed by atoms with Gasteiger partial charge in [0, 0.05) is 0 Å². The largest absolute Gasteiger partial charge is 0.464 e. The molecule has 0 heterocycles. The van der Waals surface area contributed by atoms with E-state index in [1.54, 1.807) is 0 Å². The van der Waals surface area contributed by atoms with Crippen molar-refractivity contribution >= 4 is 5.97 Å². The van der Waals surface area contributed by atoms with Crippen LogP contribution < -0.4 is 5.32 Å². The maximum Gasteiger partial charge on any atom is 0.353 e. The third-order valence-corrected chi connectivity index (χ3v) is 4.93. The fourth-order valence-electron chi connectivity index (χ4n) is 3.84. The molecule has 3 nitrogen and oxygen atoms in total. The Morgan fingerprint density at radius 1 is 0.846 bits per heavy atom. The highest BCUT2D eigenvalue weighted by Gasteiger charge is 2.45. The Labute approximate surface area is 152 Å². The van der Waals surface area contributed by atoms with Crippen LogP contribution in [-0.4, -0.2) is 13.1 Å². The predicted molar refractivity (Wildman–Crippen MR) is 102 cm³/mol. The summed E-state index contributed by atoms with van der Waals surface area (Å²) in [6.45, 7) is 3.92. The van der Waals surface area contributed by atoms with Crippen LogP contribution in [0.5, 0.6) is 0 Å². The van der Waals surface area contributed by atoms with E-state index in [0.29, 0.717) is 0 Å². The Kier molecular flexibility index (Phi) is 3.85.